The molecule has 0 saturated heterocycles. The highest BCUT2D eigenvalue weighted by Gasteiger charge is 2.36. The number of hydrazone groups is 1. The van der Waals surface area contributed by atoms with E-state index in [0.717, 1.165) is 0 Å². The zero-order chi connectivity index (χ0) is 15.7. The van der Waals surface area contributed by atoms with Gasteiger partial charge in [0.1, 0.15) is 5.69 Å². The summed E-state index contributed by atoms with van der Waals surface area (Å²) in [6, 6.07) is 0.867. The lowest BCUT2D eigenvalue weighted by Gasteiger charge is -2.15. The molecule has 0 saturated carbocycles. The van der Waals surface area contributed by atoms with Crippen LogP contribution in [0.3, 0.4) is 0 Å². The molecule has 21 heavy (non-hydrogen) atoms. The SMILES string of the molecule is CC1=NN(c2cc(F)c(F)cc2F)C(=O)C1CCC(=O)O. The van der Waals surface area contributed by atoms with Gasteiger partial charge in [-0.15, -0.1) is 0 Å². The number of aliphatic carboxylic acids is 1. The number of halogens is 3. The number of hydrogen-bond acceptors (Lipinski definition) is 3. The molecule has 1 aromatic rings. The van der Waals surface area contributed by atoms with E-state index in [2.05, 4.69) is 5.10 Å². The zero-order valence-electron chi connectivity index (χ0n) is 10.9. The van der Waals surface area contributed by atoms with Gasteiger partial charge in [-0.2, -0.15) is 10.1 Å². The third kappa shape index (κ3) is 2.88. The summed E-state index contributed by atoms with van der Waals surface area (Å²) in [6.45, 7) is 1.49. The molecule has 1 atom stereocenters. The number of carboxylic acid groups (broad SMARTS) is 1. The van der Waals surface area contributed by atoms with Crippen LogP contribution in [0.1, 0.15) is 19.8 Å². The largest absolute Gasteiger partial charge is 0.481 e. The summed E-state index contributed by atoms with van der Waals surface area (Å²) < 4.78 is 39.7. The topological polar surface area (TPSA) is 70.0 Å². The van der Waals surface area contributed by atoms with Crippen LogP contribution < -0.4 is 5.01 Å². The fraction of sp³-hybridized carbons (Fsp3) is 0.308. The molecule has 1 aliphatic rings. The predicted octanol–water partition coefficient (Wildman–Crippen LogP) is 2.31. The summed E-state index contributed by atoms with van der Waals surface area (Å²) >= 11 is 0. The minimum Gasteiger partial charge on any atom is -0.481 e. The van der Waals surface area contributed by atoms with E-state index in [1.54, 1.807) is 0 Å². The average Bonchev–Trinajstić information content (AvgIpc) is 2.67. The Balaban J connectivity index is 2.29. The number of hydrogen-bond donors (Lipinski definition) is 1. The molecule has 0 radical (unpaired) electrons. The van der Waals surface area contributed by atoms with Crippen LogP contribution in [-0.2, 0) is 9.59 Å². The van der Waals surface area contributed by atoms with E-state index in [9.17, 15) is 22.8 Å². The highest BCUT2D eigenvalue weighted by Crippen LogP contribution is 2.29. The van der Waals surface area contributed by atoms with Gasteiger partial charge in [-0.05, 0) is 13.3 Å². The highest BCUT2D eigenvalue weighted by molar-refractivity contribution is 6.14. The van der Waals surface area contributed by atoms with E-state index >= 15 is 0 Å². The summed E-state index contributed by atoms with van der Waals surface area (Å²) in [7, 11) is 0. The summed E-state index contributed by atoms with van der Waals surface area (Å²) in [6.07, 6.45) is -0.247. The fourth-order valence-electron chi connectivity index (χ4n) is 2.05. The molecule has 0 aliphatic carbocycles. The molecule has 0 bridgehead atoms. The van der Waals surface area contributed by atoms with Gasteiger partial charge in [0, 0.05) is 24.3 Å². The molecule has 0 aromatic heterocycles. The van der Waals surface area contributed by atoms with Crippen molar-refractivity contribution in [3.8, 4) is 0 Å². The highest BCUT2D eigenvalue weighted by atomic mass is 19.2. The van der Waals surface area contributed by atoms with Gasteiger partial charge in [0.2, 0.25) is 0 Å². The molecule has 0 spiro atoms. The normalized spacial score (nSPS) is 18.1. The molecular formula is C13H11F3N2O3. The first-order chi connectivity index (χ1) is 9.81. The summed E-state index contributed by atoms with van der Waals surface area (Å²) in [5, 5.41) is 13.1. The molecule has 5 nitrogen and oxygen atoms in total. The summed E-state index contributed by atoms with van der Waals surface area (Å²) in [5.74, 6) is -6.36. The van der Waals surface area contributed by atoms with Gasteiger partial charge in [0.05, 0.1) is 5.92 Å². The van der Waals surface area contributed by atoms with E-state index in [1.165, 1.54) is 6.92 Å². The van der Waals surface area contributed by atoms with Gasteiger partial charge in [0.25, 0.3) is 5.91 Å². The predicted molar refractivity (Wildman–Crippen MR) is 67.3 cm³/mol. The van der Waals surface area contributed by atoms with Crippen molar-refractivity contribution in [3.05, 3.63) is 29.6 Å². The number of anilines is 1. The molecule has 1 aromatic carbocycles. The molecule has 112 valence electrons. The Kier molecular flexibility index (Phi) is 3.97. The van der Waals surface area contributed by atoms with Gasteiger partial charge in [-0.1, -0.05) is 0 Å². The number of carbonyl (C=O) groups is 2. The molecular weight excluding hydrogens is 289 g/mol. The lowest BCUT2D eigenvalue weighted by molar-refractivity contribution is -0.137. The second-order valence-corrected chi connectivity index (χ2v) is 4.59. The standard InChI is InChI=1S/C13H11F3N2O3/c1-6-7(2-3-12(19)20)13(21)18(17-6)11-5-9(15)8(14)4-10(11)16/h4-5,7H,2-3H2,1H3,(H,19,20). The number of carbonyl (C=O) groups excluding carboxylic acids is 1. The Hall–Kier alpha value is -2.38. The van der Waals surface area contributed by atoms with Gasteiger partial charge in [0.15, 0.2) is 17.5 Å². The number of carboxylic acids is 1. The van der Waals surface area contributed by atoms with E-state index in [-0.39, 0.29) is 12.8 Å². The average molecular weight is 300 g/mol. The third-order valence-corrected chi connectivity index (χ3v) is 3.13. The van der Waals surface area contributed by atoms with Crippen LogP contribution in [0.2, 0.25) is 0 Å². The monoisotopic (exact) mass is 300 g/mol. The number of benzene rings is 1. The van der Waals surface area contributed by atoms with Crippen molar-refractivity contribution < 1.29 is 27.9 Å². The Morgan fingerprint density at radius 1 is 1.29 bits per heavy atom. The minimum atomic E-state index is -1.37. The van der Waals surface area contributed by atoms with Crippen LogP contribution >= 0.6 is 0 Å². The number of amides is 1. The number of nitrogens with zero attached hydrogens (tertiary/aromatic N) is 2. The van der Waals surface area contributed by atoms with E-state index in [1.807, 2.05) is 0 Å². The quantitative estimate of drug-likeness (QED) is 0.867. The molecule has 1 heterocycles. The van der Waals surface area contributed by atoms with E-state index < -0.39 is 40.9 Å². The maximum atomic E-state index is 13.7. The van der Waals surface area contributed by atoms with Crippen molar-refractivity contribution in [3.63, 3.8) is 0 Å². The van der Waals surface area contributed by atoms with Crippen molar-refractivity contribution in [1.82, 2.24) is 0 Å². The lowest BCUT2D eigenvalue weighted by Crippen LogP contribution is -2.28. The van der Waals surface area contributed by atoms with Crippen LogP contribution in [0.4, 0.5) is 18.9 Å². The minimum absolute atomic E-state index is 0.00525. The summed E-state index contributed by atoms with van der Waals surface area (Å²) in [4.78, 5) is 22.7. The smallest absolute Gasteiger partial charge is 0.303 e. The fourth-order valence-corrected chi connectivity index (χ4v) is 2.05. The second-order valence-electron chi connectivity index (χ2n) is 4.59. The Morgan fingerprint density at radius 3 is 2.52 bits per heavy atom. The lowest BCUT2D eigenvalue weighted by atomic mass is 9.98. The molecule has 1 aliphatic heterocycles. The molecule has 8 heteroatoms. The Labute approximate surface area is 117 Å². The van der Waals surface area contributed by atoms with Gasteiger partial charge in [-0.3, -0.25) is 9.59 Å². The third-order valence-electron chi connectivity index (χ3n) is 3.13. The van der Waals surface area contributed by atoms with Crippen molar-refractivity contribution in [1.29, 1.82) is 0 Å². The second kappa shape index (κ2) is 5.55. The van der Waals surface area contributed by atoms with Crippen molar-refractivity contribution in [2.24, 2.45) is 11.0 Å². The van der Waals surface area contributed by atoms with Crippen molar-refractivity contribution in [2.75, 3.05) is 5.01 Å². The zero-order valence-corrected chi connectivity index (χ0v) is 10.9. The van der Waals surface area contributed by atoms with Gasteiger partial charge < -0.3 is 5.11 Å². The maximum Gasteiger partial charge on any atom is 0.303 e. The first-order valence-corrected chi connectivity index (χ1v) is 6.06. The molecule has 2 rings (SSSR count). The first-order valence-electron chi connectivity index (χ1n) is 6.06. The maximum absolute atomic E-state index is 13.7. The molecule has 1 amide bonds. The van der Waals surface area contributed by atoms with Crippen LogP contribution in [-0.4, -0.2) is 22.7 Å². The molecule has 1 N–H and O–H groups in total. The van der Waals surface area contributed by atoms with Crippen molar-refractivity contribution >= 4 is 23.3 Å². The van der Waals surface area contributed by atoms with Crippen LogP contribution in [0.15, 0.2) is 17.2 Å². The van der Waals surface area contributed by atoms with Gasteiger partial charge in [-0.25, -0.2) is 13.2 Å². The molecule has 0 fully saturated rings. The van der Waals surface area contributed by atoms with E-state index in [4.69, 9.17) is 5.11 Å². The Morgan fingerprint density at radius 2 is 1.90 bits per heavy atom. The Bertz CT molecular complexity index is 646. The first kappa shape index (κ1) is 15.0. The number of rotatable bonds is 4. The van der Waals surface area contributed by atoms with Crippen LogP contribution in [0.5, 0.6) is 0 Å². The summed E-state index contributed by atoms with van der Waals surface area (Å²) in [5.41, 5.74) is -0.207. The van der Waals surface area contributed by atoms with E-state index in [0.29, 0.717) is 22.9 Å². The van der Waals surface area contributed by atoms with Crippen LogP contribution in [0, 0.1) is 23.4 Å². The van der Waals surface area contributed by atoms with Crippen molar-refractivity contribution in [2.45, 2.75) is 19.8 Å². The van der Waals surface area contributed by atoms with Gasteiger partial charge >= 0.3 is 5.97 Å². The van der Waals surface area contributed by atoms with Crippen LogP contribution in [0.25, 0.3) is 0 Å². The molecule has 1 unspecified atom stereocenters.